The summed E-state index contributed by atoms with van der Waals surface area (Å²) in [6, 6.07) is 8.28. The Morgan fingerprint density at radius 3 is 2.33 bits per heavy atom. The molecule has 2 aromatic rings. The minimum atomic E-state index is -4.24. The molecule has 0 fully saturated rings. The molecule has 24 heavy (non-hydrogen) atoms. The van der Waals surface area contributed by atoms with E-state index in [1.54, 1.807) is 0 Å². The van der Waals surface area contributed by atoms with Crippen molar-refractivity contribution < 1.29 is 27.2 Å². The maximum absolute atomic E-state index is 13.6. The lowest BCUT2D eigenvalue weighted by Gasteiger charge is -2.10. The van der Waals surface area contributed by atoms with E-state index in [4.69, 9.17) is 5.21 Å². The number of carbonyl (C=O) groups is 1. The van der Waals surface area contributed by atoms with Gasteiger partial charge >= 0.3 is 0 Å². The highest BCUT2D eigenvalue weighted by Crippen LogP contribution is 2.22. The van der Waals surface area contributed by atoms with E-state index in [0.29, 0.717) is 5.56 Å². The molecule has 0 unspecified atom stereocenters. The van der Waals surface area contributed by atoms with Gasteiger partial charge in [0.1, 0.15) is 17.3 Å². The SMILES string of the molecule is O=C(/C=C/c1cccc(S(=O)(=O)Nc2c(F)cccc2F)c1)NO. The van der Waals surface area contributed by atoms with E-state index >= 15 is 0 Å². The summed E-state index contributed by atoms with van der Waals surface area (Å²) in [7, 11) is -4.24. The Balaban J connectivity index is 2.33. The molecule has 0 aliphatic carbocycles. The van der Waals surface area contributed by atoms with Gasteiger partial charge in [-0.15, -0.1) is 0 Å². The molecule has 0 radical (unpaired) electrons. The fraction of sp³-hybridized carbons (Fsp3) is 0. The van der Waals surface area contributed by atoms with Crippen LogP contribution in [0.2, 0.25) is 0 Å². The van der Waals surface area contributed by atoms with Gasteiger partial charge in [-0.3, -0.25) is 14.7 Å². The molecule has 0 aliphatic heterocycles. The van der Waals surface area contributed by atoms with Crippen LogP contribution in [0.3, 0.4) is 0 Å². The van der Waals surface area contributed by atoms with E-state index in [1.165, 1.54) is 35.8 Å². The Morgan fingerprint density at radius 2 is 1.71 bits per heavy atom. The summed E-state index contributed by atoms with van der Waals surface area (Å²) < 4.78 is 53.5. The number of rotatable bonds is 5. The molecule has 0 aromatic heterocycles. The second-order valence-corrected chi connectivity index (χ2v) is 6.27. The van der Waals surface area contributed by atoms with E-state index < -0.39 is 33.3 Å². The first-order chi connectivity index (χ1) is 11.3. The van der Waals surface area contributed by atoms with Crippen molar-refractivity contribution in [2.45, 2.75) is 4.90 Å². The van der Waals surface area contributed by atoms with Crippen molar-refractivity contribution in [1.29, 1.82) is 0 Å². The Morgan fingerprint density at radius 1 is 1.08 bits per heavy atom. The highest BCUT2D eigenvalue weighted by atomic mass is 32.2. The molecule has 0 heterocycles. The molecule has 0 aliphatic rings. The van der Waals surface area contributed by atoms with Crippen molar-refractivity contribution >= 4 is 27.7 Å². The standard InChI is InChI=1S/C15H12F2N2O4S/c16-12-5-2-6-13(17)15(12)19-24(22,23)11-4-1-3-10(9-11)7-8-14(20)18-21/h1-9,19,21H,(H,18,20)/b8-7+. The third-order valence-electron chi connectivity index (χ3n) is 2.90. The van der Waals surface area contributed by atoms with E-state index in [0.717, 1.165) is 24.3 Å². The van der Waals surface area contributed by atoms with Gasteiger partial charge in [-0.2, -0.15) is 0 Å². The number of halogens is 2. The molecule has 0 spiro atoms. The summed E-state index contributed by atoms with van der Waals surface area (Å²) in [4.78, 5) is 10.7. The van der Waals surface area contributed by atoms with Crippen molar-refractivity contribution in [1.82, 2.24) is 5.48 Å². The minimum Gasteiger partial charge on any atom is -0.288 e. The molecule has 0 saturated carbocycles. The van der Waals surface area contributed by atoms with Crippen LogP contribution >= 0.6 is 0 Å². The van der Waals surface area contributed by atoms with Crippen molar-refractivity contribution in [2.24, 2.45) is 0 Å². The molecule has 3 N–H and O–H groups in total. The minimum absolute atomic E-state index is 0.253. The zero-order valence-corrected chi connectivity index (χ0v) is 12.8. The van der Waals surface area contributed by atoms with E-state index in [-0.39, 0.29) is 4.90 Å². The number of hydrogen-bond acceptors (Lipinski definition) is 4. The molecule has 6 nitrogen and oxygen atoms in total. The van der Waals surface area contributed by atoms with Gasteiger partial charge in [0.2, 0.25) is 0 Å². The van der Waals surface area contributed by atoms with Gasteiger partial charge in [-0.1, -0.05) is 18.2 Å². The van der Waals surface area contributed by atoms with Crippen molar-refractivity contribution in [3.05, 3.63) is 65.7 Å². The molecule has 126 valence electrons. The number of hydroxylamine groups is 1. The third-order valence-corrected chi connectivity index (χ3v) is 4.25. The van der Waals surface area contributed by atoms with Gasteiger partial charge < -0.3 is 0 Å². The average molecular weight is 354 g/mol. The summed E-state index contributed by atoms with van der Waals surface area (Å²) >= 11 is 0. The highest BCUT2D eigenvalue weighted by Gasteiger charge is 2.19. The number of amides is 1. The lowest BCUT2D eigenvalue weighted by atomic mass is 10.2. The quantitative estimate of drug-likeness (QED) is 0.436. The molecule has 2 aromatic carbocycles. The zero-order valence-electron chi connectivity index (χ0n) is 12.0. The van der Waals surface area contributed by atoms with Crippen LogP contribution in [0.15, 0.2) is 53.4 Å². The van der Waals surface area contributed by atoms with Crippen molar-refractivity contribution in [3.8, 4) is 0 Å². The second-order valence-electron chi connectivity index (χ2n) is 4.58. The van der Waals surface area contributed by atoms with E-state index in [1.807, 2.05) is 4.72 Å². The van der Waals surface area contributed by atoms with Crippen LogP contribution in [0.25, 0.3) is 6.08 Å². The number of para-hydroxylation sites is 1. The van der Waals surface area contributed by atoms with Crippen LogP contribution in [0.5, 0.6) is 0 Å². The Labute approximate surface area is 136 Å². The summed E-state index contributed by atoms with van der Waals surface area (Å²) in [5.41, 5.74) is 0.935. The fourth-order valence-corrected chi connectivity index (χ4v) is 2.91. The Bertz CT molecular complexity index is 878. The smallest absolute Gasteiger partial charge is 0.267 e. The predicted molar refractivity (Wildman–Crippen MR) is 82.6 cm³/mol. The van der Waals surface area contributed by atoms with Crippen LogP contribution in [0.4, 0.5) is 14.5 Å². The first-order valence-corrected chi connectivity index (χ1v) is 8.01. The first kappa shape index (κ1) is 17.6. The fourth-order valence-electron chi connectivity index (χ4n) is 1.78. The average Bonchev–Trinajstić information content (AvgIpc) is 2.56. The Kier molecular flexibility index (Phi) is 5.27. The summed E-state index contributed by atoms with van der Waals surface area (Å²) in [5, 5.41) is 8.39. The van der Waals surface area contributed by atoms with Crippen LogP contribution < -0.4 is 10.2 Å². The molecule has 0 saturated heterocycles. The van der Waals surface area contributed by atoms with Gasteiger partial charge in [0, 0.05) is 6.08 Å². The number of anilines is 1. The third kappa shape index (κ3) is 4.15. The molecule has 0 atom stereocenters. The number of carbonyl (C=O) groups excluding carboxylic acids is 1. The van der Waals surface area contributed by atoms with E-state index in [2.05, 4.69) is 0 Å². The summed E-state index contributed by atoms with van der Waals surface area (Å²) in [5.74, 6) is -2.89. The zero-order chi connectivity index (χ0) is 17.7. The summed E-state index contributed by atoms with van der Waals surface area (Å²) in [6.45, 7) is 0. The van der Waals surface area contributed by atoms with E-state index in [9.17, 15) is 22.0 Å². The first-order valence-electron chi connectivity index (χ1n) is 6.52. The maximum Gasteiger partial charge on any atom is 0.267 e. The predicted octanol–water partition coefficient (Wildman–Crippen LogP) is 2.28. The topological polar surface area (TPSA) is 95.5 Å². The van der Waals surface area contributed by atoms with Crippen LogP contribution in [-0.4, -0.2) is 19.5 Å². The maximum atomic E-state index is 13.6. The van der Waals surface area contributed by atoms with Crippen LogP contribution in [-0.2, 0) is 14.8 Å². The van der Waals surface area contributed by atoms with Crippen molar-refractivity contribution in [2.75, 3.05) is 4.72 Å². The van der Waals surface area contributed by atoms with Gasteiger partial charge in [0.05, 0.1) is 4.90 Å². The normalized spacial score (nSPS) is 11.5. The van der Waals surface area contributed by atoms with Crippen LogP contribution in [0, 0.1) is 11.6 Å². The monoisotopic (exact) mass is 354 g/mol. The number of hydrogen-bond donors (Lipinski definition) is 3. The number of benzene rings is 2. The molecule has 9 heteroatoms. The van der Waals surface area contributed by atoms with Crippen LogP contribution in [0.1, 0.15) is 5.56 Å². The largest absolute Gasteiger partial charge is 0.288 e. The molecule has 2 rings (SSSR count). The highest BCUT2D eigenvalue weighted by molar-refractivity contribution is 7.92. The number of sulfonamides is 1. The lowest BCUT2D eigenvalue weighted by molar-refractivity contribution is -0.124. The summed E-state index contributed by atoms with van der Waals surface area (Å²) in [6.07, 6.45) is 2.24. The molecule has 1 amide bonds. The lowest BCUT2D eigenvalue weighted by Crippen LogP contribution is -2.15. The van der Waals surface area contributed by atoms with Crippen molar-refractivity contribution in [3.63, 3.8) is 0 Å². The number of nitrogens with one attached hydrogen (secondary N) is 2. The van der Waals surface area contributed by atoms with Gasteiger partial charge in [-0.25, -0.2) is 22.7 Å². The second kappa shape index (κ2) is 7.20. The Hall–Kier alpha value is -2.78. The molecular formula is C15H12F2N2O4S. The molecular weight excluding hydrogens is 342 g/mol. The van der Waals surface area contributed by atoms with Gasteiger partial charge in [0.25, 0.3) is 15.9 Å². The van der Waals surface area contributed by atoms with Gasteiger partial charge in [-0.05, 0) is 35.9 Å². The molecule has 0 bridgehead atoms. The van der Waals surface area contributed by atoms with Gasteiger partial charge in [0.15, 0.2) is 0 Å².